The predicted molar refractivity (Wildman–Crippen MR) is 180 cm³/mol. The number of aromatic amines is 2. The number of aryl methyl sites for hydroxylation is 2. The van der Waals surface area contributed by atoms with Crippen LogP contribution < -0.4 is 22.1 Å². The van der Waals surface area contributed by atoms with Crippen LogP contribution in [0.25, 0.3) is 43.8 Å². The molecule has 2 fully saturated rings. The quantitative estimate of drug-likeness (QED) is 0.125. The summed E-state index contributed by atoms with van der Waals surface area (Å²) >= 11 is 0. The monoisotopic (exact) mass is 650 g/mol. The number of hydrogen-bond donors (Lipinski definition) is 6. The molecule has 14 heteroatoms. The third kappa shape index (κ3) is 6.11. The number of hydrogen-bond acceptors (Lipinski definition) is 8. The molecule has 2 amide bonds. The van der Waals surface area contributed by atoms with Crippen molar-refractivity contribution in [2.24, 2.45) is 11.8 Å². The summed E-state index contributed by atoms with van der Waals surface area (Å²) in [5.41, 5.74) is 19.1. The minimum Gasteiger partial charge on any atom is -0.398 e. The van der Waals surface area contributed by atoms with Gasteiger partial charge in [-0.2, -0.15) is 10.2 Å². The van der Waals surface area contributed by atoms with Crippen LogP contribution in [0.5, 0.6) is 0 Å². The van der Waals surface area contributed by atoms with E-state index in [0.29, 0.717) is 23.0 Å². The Morgan fingerprint density at radius 2 is 1.08 bits per heavy atom. The second kappa shape index (κ2) is 12.0. The topological polar surface area (TPSA) is 193 Å². The van der Waals surface area contributed by atoms with E-state index >= 15 is 0 Å². The van der Waals surface area contributed by atoms with E-state index in [1.54, 1.807) is 36.9 Å². The van der Waals surface area contributed by atoms with E-state index in [1.807, 2.05) is 38.1 Å². The second-order valence-electron chi connectivity index (χ2n) is 12.2. The van der Waals surface area contributed by atoms with Crippen LogP contribution in [0.4, 0.5) is 31.8 Å². The maximum absolute atomic E-state index is 13.0. The smallest absolute Gasteiger partial charge is 0.231 e. The summed E-state index contributed by atoms with van der Waals surface area (Å²) in [7, 11) is 0. The van der Waals surface area contributed by atoms with Crippen molar-refractivity contribution in [2.45, 2.75) is 39.0 Å². The number of nitrogen functional groups attached to an aromatic ring is 2. The van der Waals surface area contributed by atoms with Crippen molar-refractivity contribution in [3.8, 4) is 22.3 Å². The van der Waals surface area contributed by atoms with Crippen molar-refractivity contribution >= 4 is 56.4 Å². The summed E-state index contributed by atoms with van der Waals surface area (Å²) in [4.78, 5) is 32.1. The first-order valence-electron chi connectivity index (χ1n) is 15.3. The lowest BCUT2D eigenvalue weighted by molar-refractivity contribution is -0.118. The molecule has 0 radical (unpaired) electrons. The maximum Gasteiger partial charge on any atom is 0.231 e. The Bertz CT molecular complexity index is 2060. The molecule has 2 saturated carbocycles. The lowest BCUT2D eigenvalue weighted by Gasteiger charge is -2.09. The van der Waals surface area contributed by atoms with Crippen molar-refractivity contribution in [3.05, 3.63) is 72.6 Å². The molecule has 244 valence electrons. The summed E-state index contributed by atoms with van der Waals surface area (Å²) in [5, 5.41) is 22.5. The summed E-state index contributed by atoms with van der Waals surface area (Å²) in [6.07, 6.45) is 5.24. The Hall–Kier alpha value is -5.92. The molecule has 8 rings (SSSR count). The van der Waals surface area contributed by atoms with Crippen LogP contribution in [0, 0.1) is 25.7 Å². The van der Waals surface area contributed by atoms with Crippen molar-refractivity contribution in [2.75, 3.05) is 22.1 Å². The van der Waals surface area contributed by atoms with Crippen LogP contribution in [0.2, 0.25) is 0 Å². The van der Waals surface area contributed by atoms with Crippen LogP contribution in [-0.2, 0) is 9.59 Å². The second-order valence-corrected chi connectivity index (χ2v) is 12.2. The van der Waals surface area contributed by atoms with Crippen LogP contribution >= 0.6 is 0 Å². The number of carbonyl (C=O) groups is 2. The number of H-pyrrole nitrogens is 2. The van der Waals surface area contributed by atoms with E-state index in [2.05, 4.69) is 41.0 Å². The lowest BCUT2D eigenvalue weighted by atomic mass is 10.0. The Morgan fingerprint density at radius 1 is 0.688 bits per heavy atom. The fourth-order valence-corrected chi connectivity index (χ4v) is 5.61. The number of nitrogens with zero attached hydrogens (tertiary/aromatic N) is 4. The number of amides is 2. The highest BCUT2D eigenvalue weighted by Crippen LogP contribution is 2.37. The zero-order chi connectivity index (χ0) is 33.7. The Labute approximate surface area is 272 Å². The van der Waals surface area contributed by atoms with Gasteiger partial charge in [-0.1, -0.05) is 0 Å². The van der Waals surface area contributed by atoms with Crippen LogP contribution in [0.3, 0.4) is 0 Å². The molecule has 48 heavy (non-hydrogen) atoms. The molecule has 2 aliphatic rings. The minimum atomic E-state index is -1.03. The van der Waals surface area contributed by atoms with Gasteiger partial charge in [0.15, 0.2) is 0 Å². The van der Waals surface area contributed by atoms with E-state index in [-0.39, 0.29) is 24.7 Å². The van der Waals surface area contributed by atoms with Gasteiger partial charge in [0, 0.05) is 57.1 Å². The van der Waals surface area contributed by atoms with E-state index in [1.165, 1.54) is 0 Å². The van der Waals surface area contributed by atoms with Crippen LogP contribution in [-0.4, -0.2) is 54.5 Å². The molecular weight excluding hydrogens is 618 g/mol. The van der Waals surface area contributed by atoms with E-state index in [4.69, 9.17) is 11.5 Å². The molecule has 0 spiro atoms. The Kier molecular flexibility index (Phi) is 7.70. The fraction of sp³-hybridized carbons (Fsp3) is 0.235. The number of carbonyl (C=O) groups excluding carboxylic acids is 2. The van der Waals surface area contributed by atoms with E-state index in [0.717, 1.165) is 55.2 Å². The Balaban J connectivity index is 0.000000152. The molecule has 4 atom stereocenters. The molecule has 8 N–H and O–H groups in total. The molecular formula is C34H32F2N10O2. The highest BCUT2D eigenvalue weighted by atomic mass is 19.1. The van der Waals surface area contributed by atoms with Crippen LogP contribution in [0.15, 0.2) is 61.2 Å². The first-order chi connectivity index (χ1) is 23.0. The number of nitrogens with two attached hydrogens (primary N) is 2. The highest BCUT2D eigenvalue weighted by Gasteiger charge is 2.44. The normalized spacial score (nSPS) is 19.4. The molecule has 0 aliphatic heterocycles. The number of rotatable bonds is 6. The average Bonchev–Trinajstić information content (AvgIpc) is 3.86. The van der Waals surface area contributed by atoms with Gasteiger partial charge in [0.05, 0.1) is 24.2 Å². The first kappa shape index (κ1) is 30.7. The van der Waals surface area contributed by atoms with Gasteiger partial charge < -0.3 is 22.1 Å². The van der Waals surface area contributed by atoms with Crippen molar-refractivity contribution in [1.29, 1.82) is 0 Å². The molecule has 4 heterocycles. The van der Waals surface area contributed by atoms with Gasteiger partial charge in [-0.3, -0.25) is 19.8 Å². The number of aromatic nitrogens is 6. The summed E-state index contributed by atoms with van der Waals surface area (Å²) in [6, 6.07) is 11.2. The Morgan fingerprint density at radius 3 is 1.42 bits per heavy atom. The third-order valence-corrected chi connectivity index (χ3v) is 8.62. The van der Waals surface area contributed by atoms with Gasteiger partial charge in [0.2, 0.25) is 11.8 Å². The SMILES string of the molecule is Cc1[nH]ncc1-c1cc(N)c2cnc(NC(=O)[C@@H]3C[C@@H]3F)cc2c1.Cc1[nH]ncc1-c1cc(N)c2cnc(NC(=O)[C@H]3C[C@H]3F)cc2c1. The molecule has 2 aromatic carbocycles. The molecule has 4 aromatic heterocycles. The number of pyridine rings is 2. The molecule has 0 saturated heterocycles. The molecule has 2 aliphatic carbocycles. The van der Waals surface area contributed by atoms with Gasteiger partial charge in [0.1, 0.15) is 24.0 Å². The summed E-state index contributed by atoms with van der Waals surface area (Å²) < 4.78 is 26.0. The molecule has 0 unspecified atom stereocenters. The number of nitrogens with one attached hydrogen (secondary N) is 4. The highest BCUT2D eigenvalue weighted by molar-refractivity contribution is 6.01. The van der Waals surface area contributed by atoms with Crippen molar-refractivity contribution < 1.29 is 18.4 Å². The average molecular weight is 651 g/mol. The molecule has 0 bridgehead atoms. The van der Waals surface area contributed by atoms with Gasteiger partial charge in [-0.05, 0) is 85.0 Å². The lowest BCUT2D eigenvalue weighted by Crippen LogP contribution is -2.15. The third-order valence-electron chi connectivity index (χ3n) is 8.62. The van der Waals surface area contributed by atoms with Gasteiger partial charge in [0.25, 0.3) is 0 Å². The first-order valence-corrected chi connectivity index (χ1v) is 15.3. The number of halogens is 2. The summed E-state index contributed by atoms with van der Waals surface area (Å²) in [5.74, 6) is -0.965. The molecule has 6 aromatic rings. The largest absolute Gasteiger partial charge is 0.398 e. The van der Waals surface area contributed by atoms with Crippen LogP contribution in [0.1, 0.15) is 24.2 Å². The van der Waals surface area contributed by atoms with E-state index in [9.17, 15) is 18.4 Å². The summed E-state index contributed by atoms with van der Waals surface area (Å²) in [6.45, 7) is 3.87. The zero-order valence-electron chi connectivity index (χ0n) is 26.0. The molecule has 12 nitrogen and oxygen atoms in total. The fourth-order valence-electron chi connectivity index (χ4n) is 5.61. The standard InChI is InChI=1S/2C17H16FN5O/c2*1-8-12(7-21-23-8)9-2-10-4-16(20-6-13(10)15(19)3-9)22-17(24)11-5-14(11)18/h2*2-4,6-7,11,14H,5,19H2,1H3,(H,21,23)(H,20,22,24)/t2*11-,14+/m10/s1. The maximum atomic E-state index is 13.0. The van der Waals surface area contributed by atoms with Crippen molar-refractivity contribution in [1.82, 2.24) is 30.4 Å². The van der Waals surface area contributed by atoms with Gasteiger partial charge in [-0.15, -0.1) is 0 Å². The van der Waals surface area contributed by atoms with Gasteiger partial charge in [-0.25, -0.2) is 18.7 Å². The van der Waals surface area contributed by atoms with E-state index < -0.39 is 24.2 Å². The van der Waals surface area contributed by atoms with Crippen molar-refractivity contribution in [3.63, 3.8) is 0 Å². The number of fused-ring (bicyclic) bond motifs is 2. The predicted octanol–water partition coefficient (Wildman–Crippen LogP) is 5.62. The number of alkyl halides is 2. The zero-order valence-corrected chi connectivity index (χ0v) is 26.0. The number of anilines is 4. The van der Waals surface area contributed by atoms with Gasteiger partial charge >= 0.3 is 0 Å². The minimum absolute atomic E-state index is 0.288. The number of benzene rings is 2.